The summed E-state index contributed by atoms with van der Waals surface area (Å²) in [5.74, 6) is 3.91. The third-order valence-electron chi connectivity index (χ3n) is 4.86. The first-order valence-electron chi connectivity index (χ1n) is 8.91. The lowest BCUT2D eigenvalue weighted by Crippen LogP contribution is -2.04. The Labute approximate surface area is 156 Å². The number of para-hydroxylation sites is 2. The molecular formula is C20H19N3O4. The highest BCUT2D eigenvalue weighted by Gasteiger charge is 2.26. The molecule has 2 aromatic carbocycles. The van der Waals surface area contributed by atoms with Crippen molar-refractivity contribution in [2.45, 2.75) is 12.3 Å². The van der Waals surface area contributed by atoms with E-state index in [1.54, 1.807) is 7.11 Å². The second-order valence-corrected chi connectivity index (χ2v) is 6.51. The first-order valence-corrected chi connectivity index (χ1v) is 8.91. The molecule has 0 saturated carbocycles. The van der Waals surface area contributed by atoms with Gasteiger partial charge in [-0.2, -0.15) is 5.10 Å². The minimum atomic E-state index is 0.203. The van der Waals surface area contributed by atoms with Crippen LogP contribution in [0.4, 0.5) is 0 Å². The minimum absolute atomic E-state index is 0.203. The van der Waals surface area contributed by atoms with E-state index < -0.39 is 0 Å². The monoisotopic (exact) mass is 365 g/mol. The van der Waals surface area contributed by atoms with Crippen molar-refractivity contribution in [2.24, 2.45) is 0 Å². The number of hydrogen-bond acceptors (Lipinski definition) is 6. The van der Waals surface area contributed by atoms with Gasteiger partial charge in [0, 0.05) is 18.1 Å². The first-order chi connectivity index (χ1) is 13.3. The van der Waals surface area contributed by atoms with Gasteiger partial charge in [0.1, 0.15) is 11.4 Å². The Morgan fingerprint density at radius 3 is 2.85 bits per heavy atom. The van der Waals surface area contributed by atoms with Crippen molar-refractivity contribution < 1.29 is 18.9 Å². The molecule has 1 aromatic heterocycles. The van der Waals surface area contributed by atoms with Gasteiger partial charge in [0.05, 0.1) is 13.7 Å². The maximum atomic E-state index is 5.54. The lowest BCUT2D eigenvalue weighted by atomic mass is 10.1. The zero-order chi connectivity index (χ0) is 18.2. The Balaban J connectivity index is 1.66. The predicted molar refractivity (Wildman–Crippen MR) is 97.6 cm³/mol. The fraction of sp³-hybridized carbons (Fsp3) is 0.300. The molecule has 27 heavy (non-hydrogen) atoms. The van der Waals surface area contributed by atoms with E-state index in [1.165, 1.54) is 0 Å². The molecule has 1 atom stereocenters. The second kappa shape index (κ2) is 6.59. The summed E-state index contributed by atoms with van der Waals surface area (Å²) in [4.78, 5) is 4.86. The molecule has 5 rings (SSSR count). The minimum Gasteiger partial charge on any atom is -0.494 e. The number of hydrogen-bond donors (Lipinski definition) is 0. The summed E-state index contributed by atoms with van der Waals surface area (Å²) in [7, 11) is 1.65. The van der Waals surface area contributed by atoms with E-state index in [4.69, 9.17) is 29.0 Å². The zero-order valence-electron chi connectivity index (χ0n) is 14.9. The van der Waals surface area contributed by atoms with Crippen LogP contribution in [0.25, 0.3) is 17.1 Å². The molecule has 3 aromatic rings. The van der Waals surface area contributed by atoms with Crippen LogP contribution in [0.15, 0.2) is 42.5 Å². The van der Waals surface area contributed by atoms with E-state index in [9.17, 15) is 0 Å². The number of methoxy groups -OCH3 is 1. The van der Waals surface area contributed by atoms with E-state index in [0.29, 0.717) is 12.4 Å². The van der Waals surface area contributed by atoms with Crippen LogP contribution in [0.2, 0.25) is 0 Å². The van der Waals surface area contributed by atoms with Crippen molar-refractivity contribution in [3.63, 3.8) is 0 Å². The average molecular weight is 365 g/mol. The van der Waals surface area contributed by atoms with E-state index in [1.807, 2.05) is 47.1 Å². The van der Waals surface area contributed by atoms with E-state index in [0.717, 1.165) is 47.4 Å². The molecule has 0 aliphatic carbocycles. The van der Waals surface area contributed by atoms with Gasteiger partial charge >= 0.3 is 0 Å². The number of nitrogens with zero attached hydrogens (tertiary/aromatic N) is 3. The van der Waals surface area contributed by atoms with Crippen molar-refractivity contribution in [3.8, 4) is 34.3 Å². The van der Waals surface area contributed by atoms with Gasteiger partial charge < -0.3 is 18.9 Å². The highest BCUT2D eigenvalue weighted by Crippen LogP contribution is 2.37. The number of fused-ring (bicyclic) bond motifs is 1. The van der Waals surface area contributed by atoms with Crippen LogP contribution in [0.1, 0.15) is 18.2 Å². The molecule has 0 N–H and O–H groups in total. The average Bonchev–Trinajstić information content (AvgIpc) is 3.47. The highest BCUT2D eigenvalue weighted by atomic mass is 16.7. The van der Waals surface area contributed by atoms with Crippen LogP contribution in [0, 0.1) is 0 Å². The molecule has 0 bridgehead atoms. The third-order valence-corrected chi connectivity index (χ3v) is 4.86. The van der Waals surface area contributed by atoms with Gasteiger partial charge in [-0.1, -0.05) is 12.1 Å². The maximum Gasteiger partial charge on any atom is 0.231 e. The molecular weight excluding hydrogens is 346 g/mol. The molecule has 138 valence electrons. The number of benzene rings is 2. The van der Waals surface area contributed by atoms with Crippen molar-refractivity contribution in [2.75, 3.05) is 27.1 Å². The molecule has 0 spiro atoms. The largest absolute Gasteiger partial charge is 0.494 e. The Hall–Kier alpha value is -3.06. The van der Waals surface area contributed by atoms with Gasteiger partial charge in [-0.15, -0.1) is 0 Å². The lowest BCUT2D eigenvalue weighted by molar-refractivity contribution is 0.174. The van der Waals surface area contributed by atoms with Crippen molar-refractivity contribution in [3.05, 3.63) is 48.3 Å². The van der Waals surface area contributed by atoms with Crippen LogP contribution >= 0.6 is 0 Å². The molecule has 0 radical (unpaired) electrons. The van der Waals surface area contributed by atoms with Gasteiger partial charge in [-0.25, -0.2) is 9.67 Å². The second-order valence-electron chi connectivity index (χ2n) is 6.51. The Morgan fingerprint density at radius 1 is 1.11 bits per heavy atom. The Morgan fingerprint density at radius 2 is 2.00 bits per heavy atom. The SMILES string of the molecule is COc1ccccc1-n1nc([C@H]2CCOC2)nc1-c1ccc2c(c1)OCO2. The molecule has 0 unspecified atom stereocenters. The summed E-state index contributed by atoms with van der Waals surface area (Å²) in [6.07, 6.45) is 0.927. The smallest absolute Gasteiger partial charge is 0.231 e. The van der Waals surface area contributed by atoms with Gasteiger partial charge in [-0.05, 0) is 36.8 Å². The van der Waals surface area contributed by atoms with Crippen LogP contribution < -0.4 is 14.2 Å². The predicted octanol–water partition coefficient (Wildman–Crippen LogP) is 3.18. The van der Waals surface area contributed by atoms with Gasteiger partial charge in [-0.3, -0.25) is 0 Å². The summed E-state index contributed by atoms with van der Waals surface area (Å²) in [5.41, 5.74) is 1.74. The van der Waals surface area contributed by atoms with Crippen LogP contribution in [0.3, 0.4) is 0 Å². The Kier molecular flexibility index (Phi) is 3.94. The molecule has 3 heterocycles. The zero-order valence-corrected chi connectivity index (χ0v) is 14.9. The van der Waals surface area contributed by atoms with Crippen LogP contribution in [0.5, 0.6) is 17.2 Å². The summed E-state index contributed by atoms with van der Waals surface area (Å²) >= 11 is 0. The maximum absolute atomic E-state index is 5.54. The summed E-state index contributed by atoms with van der Waals surface area (Å²) < 4.78 is 23.9. The van der Waals surface area contributed by atoms with Crippen molar-refractivity contribution in [1.29, 1.82) is 0 Å². The van der Waals surface area contributed by atoms with Crippen molar-refractivity contribution in [1.82, 2.24) is 14.8 Å². The van der Waals surface area contributed by atoms with Gasteiger partial charge in [0.25, 0.3) is 0 Å². The van der Waals surface area contributed by atoms with Gasteiger partial charge in [0.15, 0.2) is 23.1 Å². The number of aromatic nitrogens is 3. The Bertz CT molecular complexity index is 979. The quantitative estimate of drug-likeness (QED) is 0.707. The van der Waals surface area contributed by atoms with Crippen LogP contribution in [-0.4, -0.2) is 41.9 Å². The molecule has 1 fully saturated rings. The number of ether oxygens (including phenoxy) is 4. The first kappa shape index (κ1) is 16.1. The van der Waals surface area contributed by atoms with E-state index in [-0.39, 0.29) is 12.7 Å². The summed E-state index contributed by atoms with van der Waals surface area (Å²) in [6.45, 7) is 1.63. The third kappa shape index (κ3) is 2.80. The molecule has 1 saturated heterocycles. The fourth-order valence-electron chi connectivity index (χ4n) is 3.43. The fourth-order valence-corrected chi connectivity index (χ4v) is 3.43. The highest BCUT2D eigenvalue weighted by molar-refractivity contribution is 5.64. The van der Waals surface area contributed by atoms with E-state index >= 15 is 0 Å². The standard InChI is InChI=1S/C20H19N3O4/c1-24-16-5-3-2-4-15(16)23-20(21-19(22-23)14-8-9-25-11-14)13-6-7-17-18(10-13)27-12-26-17/h2-7,10,14H,8-9,11-12H2,1H3/t14-/m0/s1. The van der Waals surface area contributed by atoms with Crippen molar-refractivity contribution >= 4 is 0 Å². The molecule has 7 heteroatoms. The number of rotatable bonds is 4. The molecule has 2 aliphatic rings. The topological polar surface area (TPSA) is 67.6 Å². The van der Waals surface area contributed by atoms with E-state index in [2.05, 4.69) is 0 Å². The molecule has 7 nitrogen and oxygen atoms in total. The molecule has 0 amide bonds. The lowest BCUT2D eigenvalue weighted by Gasteiger charge is -2.10. The van der Waals surface area contributed by atoms with Gasteiger partial charge in [0.2, 0.25) is 6.79 Å². The molecule has 2 aliphatic heterocycles. The van der Waals surface area contributed by atoms with Crippen LogP contribution in [-0.2, 0) is 4.74 Å². The summed E-state index contributed by atoms with van der Waals surface area (Å²) in [6, 6.07) is 13.6. The summed E-state index contributed by atoms with van der Waals surface area (Å²) in [5, 5.41) is 4.81. The normalized spacial score (nSPS) is 18.0.